The van der Waals surface area contributed by atoms with Crippen LogP contribution in [0, 0.1) is 0 Å². The molecule has 0 spiro atoms. The van der Waals surface area contributed by atoms with Gasteiger partial charge in [-0.2, -0.15) is 0 Å². The van der Waals surface area contributed by atoms with Gasteiger partial charge >= 0.3 is 12.0 Å². The maximum Gasteiger partial charge on any atom is 0.329 e. The number of carbonyl (C=O) groups is 2. The lowest BCUT2D eigenvalue weighted by Crippen LogP contribution is -2.55. The molecule has 1 aliphatic rings. The average Bonchev–Trinajstić information content (AvgIpc) is 3.06. The predicted molar refractivity (Wildman–Crippen MR) is 72.0 cm³/mol. The summed E-state index contributed by atoms with van der Waals surface area (Å²) >= 11 is 0. The molecule has 1 saturated heterocycles. The molecule has 0 aromatic carbocycles. The Morgan fingerprint density at radius 2 is 2.35 bits per heavy atom. The second-order valence-corrected chi connectivity index (χ2v) is 5.12. The molecular formula is C13H20N4O3. The molecule has 1 aromatic heterocycles. The number of nitrogens with zero attached hydrogens (tertiary/aromatic N) is 3. The van der Waals surface area contributed by atoms with Gasteiger partial charge in [0.2, 0.25) is 0 Å². The highest BCUT2D eigenvalue weighted by Crippen LogP contribution is 2.33. The van der Waals surface area contributed by atoms with Gasteiger partial charge < -0.3 is 19.9 Å². The van der Waals surface area contributed by atoms with Gasteiger partial charge in [-0.05, 0) is 19.3 Å². The number of hydrogen-bond acceptors (Lipinski definition) is 3. The van der Waals surface area contributed by atoms with E-state index in [1.54, 1.807) is 19.4 Å². The lowest BCUT2D eigenvalue weighted by molar-refractivity contribution is -0.148. The zero-order chi connectivity index (χ0) is 14.8. The number of rotatable bonds is 4. The maximum atomic E-state index is 12.5. The Hall–Kier alpha value is -2.05. The summed E-state index contributed by atoms with van der Waals surface area (Å²) in [5.74, 6) is -0.241. The number of amides is 2. The molecule has 0 bridgehead atoms. The van der Waals surface area contributed by atoms with Gasteiger partial charge in [-0.1, -0.05) is 6.92 Å². The van der Waals surface area contributed by atoms with Crippen molar-refractivity contribution in [2.75, 3.05) is 13.6 Å². The standard InChI is InChI=1S/C13H20N4O3/c1-3-13(11(18)19)5-4-8-17(13)12(20)16(2)9-10-14-6-7-15-10/h6-7H,3-5,8-9H2,1-2H3,(H,14,15)(H,18,19). The Balaban J connectivity index is 2.13. The van der Waals surface area contributed by atoms with Gasteiger partial charge in [0.1, 0.15) is 11.4 Å². The normalized spacial score (nSPS) is 22.0. The van der Waals surface area contributed by atoms with Gasteiger partial charge in [-0.3, -0.25) is 0 Å². The first-order valence-corrected chi connectivity index (χ1v) is 6.75. The van der Waals surface area contributed by atoms with Crippen molar-refractivity contribution < 1.29 is 14.7 Å². The van der Waals surface area contributed by atoms with Crippen LogP contribution < -0.4 is 0 Å². The fourth-order valence-electron chi connectivity index (χ4n) is 2.78. The van der Waals surface area contributed by atoms with E-state index in [-0.39, 0.29) is 6.03 Å². The molecule has 20 heavy (non-hydrogen) atoms. The van der Waals surface area contributed by atoms with Crippen LogP contribution in [0.3, 0.4) is 0 Å². The van der Waals surface area contributed by atoms with Crippen molar-refractivity contribution in [1.82, 2.24) is 19.8 Å². The lowest BCUT2D eigenvalue weighted by Gasteiger charge is -2.36. The van der Waals surface area contributed by atoms with E-state index in [2.05, 4.69) is 9.97 Å². The SMILES string of the molecule is CCC1(C(=O)O)CCCN1C(=O)N(C)Cc1ncc[nH]1. The first-order valence-electron chi connectivity index (χ1n) is 6.75. The molecule has 1 aliphatic heterocycles. The van der Waals surface area contributed by atoms with E-state index in [0.717, 1.165) is 6.42 Å². The third-order valence-corrected chi connectivity index (χ3v) is 3.97. The number of hydrogen-bond donors (Lipinski definition) is 2. The van der Waals surface area contributed by atoms with Crippen LogP contribution >= 0.6 is 0 Å². The second kappa shape index (κ2) is 5.52. The molecule has 0 saturated carbocycles. The van der Waals surface area contributed by atoms with Crippen molar-refractivity contribution in [1.29, 1.82) is 0 Å². The molecule has 1 fully saturated rings. The zero-order valence-corrected chi connectivity index (χ0v) is 11.8. The van der Waals surface area contributed by atoms with Gasteiger partial charge in [0.25, 0.3) is 0 Å². The number of urea groups is 1. The number of aromatic amines is 1. The Morgan fingerprint density at radius 3 is 2.90 bits per heavy atom. The molecule has 2 heterocycles. The van der Waals surface area contributed by atoms with Crippen LogP contribution in [-0.4, -0.2) is 56.0 Å². The van der Waals surface area contributed by atoms with E-state index in [1.165, 1.54) is 9.80 Å². The molecule has 2 amide bonds. The van der Waals surface area contributed by atoms with Crippen LogP contribution in [0.15, 0.2) is 12.4 Å². The van der Waals surface area contributed by atoms with Crippen LogP contribution in [0.1, 0.15) is 32.0 Å². The smallest absolute Gasteiger partial charge is 0.329 e. The van der Waals surface area contributed by atoms with Crippen molar-refractivity contribution in [2.45, 2.75) is 38.3 Å². The molecule has 2 N–H and O–H groups in total. The number of imidazole rings is 1. The van der Waals surface area contributed by atoms with Gasteiger partial charge in [0, 0.05) is 26.0 Å². The van der Waals surface area contributed by atoms with E-state index >= 15 is 0 Å². The molecule has 110 valence electrons. The highest BCUT2D eigenvalue weighted by Gasteiger charge is 2.49. The Kier molecular flexibility index (Phi) is 3.96. The second-order valence-electron chi connectivity index (χ2n) is 5.12. The van der Waals surface area contributed by atoms with Crippen LogP contribution in [0.4, 0.5) is 4.79 Å². The summed E-state index contributed by atoms with van der Waals surface area (Å²) in [7, 11) is 1.66. The number of carboxylic acid groups (broad SMARTS) is 1. The van der Waals surface area contributed by atoms with Crippen molar-refractivity contribution in [3.63, 3.8) is 0 Å². The summed E-state index contributed by atoms with van der Waals surface area (Å²) in [4.78, 5) is 34.1. The number of likely N-dealkylation sites (tertiary alicyclic amines) is 1. The van der Waals surface area contributed by atoms with Gasteiger partial charge in [-0.25, -0.2) is 14.6 Å². The molecule has 2 rings (SSSR count). The summed E-state index contributed by atoms with van der Waals surface area (Å²) in [6.07, 6.45) is 4.97. The lowest BCUT2D eigenvalue weighted by atomic mass is 9.93. The topological polar surface area (TPSA) is 89.5 Å². The number of H-pyrrole nitrogens is 1. The highest BCUT2D eigenvalue weighted by molar-refractivity contribution is 5.87. The number of aliphatic carboxylic acids is 1. The highest BCUT2D eigenvalue weighted by atomic mass is 16.4. The largest absolute Gasteiger partial charge is 0.479 e. The third kappa shape index (κ3) is 2.35. The van der Waals surface area contributed by atoms with E-state index in [4.69, 9.17) is 0 Å². The summed E-state index contributed by atoms with van der Waals surface area (Å²) in [6, 6.07) is -0.261. The van der Waals surface area contributed by atoms with Crippen molar-refractivity contribution in [3.8, 4) is 0 Å². The van der Waals surface area contributed by atoms with E-state index in [1.807, 2.05) is 6.92 Å². The molecular weight excluding hydrogens is 260 g/mol. The van der Waals surface area contributed by atoms with Crippen LogP contribution in [-0.2, 0) is 11.3 Å². The summed E-state index contributed by atoms with van der Waals surface area (Å²) < 4.78 is 0. The summed E-state index contributed by atoms with van der Waals surface area (Å²) in [5.41, 5.74) is -1.06. The molecule has 1 unspecified atom stereocenters. The minimum atomic E-state index is -1.06. The minimum Gasteiger partial charge on any atom is -0.479 e. The Labute approximate surface area is 117 Å². The van der Waals surface area contributed by atoms with Crippen molar-refractivity contribution >= 4 is 12.0 Å². The third-order valence-electron chi connectivity index (χ3n) is 3.97. The molecule has 7 heteroatoms. The Bertz CT molecular complexity index is 488. The number of carbonyl (C=O) groups excluding carboxylic acids is 1. The monoisotopic (exact) mass is 280 g/mol. The van der Waals surface area contributed by atoms with Crippen LogP contribution in [0.5, 0.6) is 0 Å². The fraction of sp³-hybridized carbons (Fsp3) is 0.615. The molecule has 0 aliphatic carbocycles. The predicted octanol–water partition coefficient (Wildman–Crippen LogP) is 1.29. The molecule has 0 radical (unpaired) electrons. The van der Waals surface area contributed by atoms with E-state index in [0.29, 0.717) is 31.8 Å². The zero-order valence-electron chi connectivity index (χ0n) is 11.8. The quantitative estimate of drug-likeness (QED) is 0.869. The molecule has 7 nitrogen and oxygen atoms in total. The average molecular weight is 280 g/mol. The first-order chi connectivity index (χ1) is 9.51. The van der Waals surface area contributed by atoms with Crippen LogP contribution in [0.25, 0.3) is 0 Å². The summed E-state index contributed by atoms with van der Waals surface area (Å²) in [6.45, 7) is 2.63. The molecule has 1 aromatic rings. The van der Waals surface area contributed by atoms with Gasteiger partial charge in [-0.15, -0.1) is 0 Å². The minimum absolute atomic E-state index is 0.261. The van der Waals surface area contributed by atoms with Gasteiger partial charge in [0.15, 0.2) is 0 Å². The fourth-order valence-corrected chi connectivity index (χ4v) is 2.78. The van der Waals surface area contributed by atoms with E-state index in [9.17, 15) is 14.7 Å². The number of aromatic nitrogens is 2. The van der Waals surface area contributed by atoms with Gasteiger partial charge in [0.05, 0.1) is 6.54 Å². The van der Waals surface area contributed by atoms with Crippen LogP contribution in [0.2, 0.25) is 0 Å². The maximum absolute atomic E-state index is 12.5. The summed E-state index contributed by atoms with van der Waals surface area (Å²) in [5, 5.41) is 9.49. The number of nitrogens with one attached hydrogen (secondary N) is 1. The number of carboxylic acids is 1. The first kappa shape index (κ1) is 14.4. The van der Waals surface area contributed by atoms with Crippen molar-refractivity contribution in [3.05, 3.63) is 18.2 Å². The molecule has 1 atom stereocenters. The Morgan fingerprint density at radius 1 is 1.60 bits per heavy atom. The van der Waals surface area contributed by atoms with Crippen molar-refractivity contribution in [2.24, 2.45) is 0 Å². The van der Waals surface area contributed by atoms with E-state index < -0.39 is 11.5 Å².